The summed E-state index contributed by atoms with van der Waals surface area (Å²) in [5.41, 5.74) is -5.28. The molecule has 264 valence electrons. The van der Waals surface area contributed by atoms with Crippen LogP contribution in [0.4, 0.5) is 4.79 Å². The summed E-state index contributed by atoms with van der Waals surface area (Å²) in [6.45, 7) is 13.1. The molecule has 1 saturated heterocycles. The molecule has 1 unspecified atom stereocenters. The number of Topliss-reactive ketones (excluding diaryl/α,β-unsaturated/α-hetero) is 1. The second-order valence-electron chi connectivity index (χ2n) is 15.7. The fraction of sp³-hybridized carbons (Fsp3) is 0.667. The lowest BCUT2D eigenvalue weighted by molar-refractivity contribution is -0.327. The molecule has 2 bridgehead atoms. The van der Waals surface area contributed by atoms with Crippen LogP contribution < -0.4 is 5.32 Å². The summed E-state index contributed by atoms with van der Waals surface area (Å²) in [7, 11) is 0. The van der Waals surface area contributed by atoms with Crippen molar-refractivity contribution in [1.82, 2.24) is 5.32 Å². The van der Waals surface area contributed by atoms with Crippen LogP contribution in [0.25, 0.3) is 0 Å². The molecular weight excluding hydrogens is 622 g/mol. The lowest BCUT2D eigenvalue weighted by Gasteiger charge is -2.65. The molecule has 0 spiro atoms. The van der Waals surface area contributed by atoms with Gasteiger partial charge in [-0.25, -0.2) is 4.79 Å². The third-order valence-corrected chi connectivity index (χ3v) is 11.2. The predicted octanol–water partition coefficient (Wildman–Crippen LogP) is 3.45. The highest BCUT2D eigenvalue weighted by Crippen LogP contribution is 2.63. The molecule has 12 nitrogen and oxygen atoms in total. The van der Waals surface area contributed by atoms with Crippen molar-refractivity contribution in [2.24, 2.45) is 16.7 Å². The van der Waals surface area contributed by atoms with E-state index >= 15 is 0 Å². The topological polar surface area (TPSA) is 178 Å². The molecule has 0 aromatic heterocycles. The second kappa shape index (κ2) is 12.2. The summed E-state index contributed by atoms with van der Waals surface area (Å²) in [6, 6.07) is 8.09. The summed E-state index contributed by atoms with van der Waals surface area (Å²) in [5, 5.41) is 38.6. The van der Waals surface area contributed by atoms with Crippen LogP contribution in [0.1, 0.15) is 92.7 Å². The zero-order chi connectivity index (χ0) is 35.6. The van der Waals surface area contributed by atoms with Crippen LogP contribution in [0, 0.1) is 16.7 Å². The Hall–Kier alpha value is -3.32. The van der Waals surface area contributed by atoms with Crippen LogP contribution in [-0.2, 0) is 33.3 Å². The molecule has 1 aromatic carbocycles. The number of rotatable bonds is 6. The van der Waals surface area contributed by atoms with E-state index in [9.17, 15) is 34.5 Å². The maximum atomic E-state index is 14.4. The van der Waals surface area contributed by atoms with Gasteiger partial charge in [0.1, 0.15) is 23.9 Å². The van der Waals surface area contributed by atoms with E-state index in [1.807, 2.05) is 6.07 Å². The van der Waals surface area contributed by atoms with Gasteiger partial charge in [-0.3, -0.25) is 14.4 Å². The summed E-state index contributed by atoms with van der Waals surface area (Å²) in [6.07, 6.45) is -5.92. The molecule has 1 amide bonds. The molecule has 4 N–H and O–H groups in total. The predicted molar refractivity (Wildman–Crippen MR) is 171 cm³/mol. The molecule has 2 saturated carbocycles. The Bertz CT molecular complexity index is 1500. The molecule has 9 atom stereocenters. The Morgan fingerprint density at radius 1 is 1.08 bits per heavy atom. The van der Waals surface area contributed by atoms with Crippen molar-refractivity contribution in [2.75, 3.05) is 6.61 Å². The van der Waals surface area contributed by atoms with Crippen LogP contribution in [0.15, 0.2) is 41.5 Å². The minimum absolute atomic E-state index is 0.0126. The van der Waals surface area contributed by atoms with Crippen LogP contribution >= 0.6 is 0 Å². The quantitative estimate of drug-likeness (QED) is 0.198. The first-order valence-corrected chi connectivity index (χ1v) is 16.6. The standard InChI is InChI=1S/C36H49NO11/c1-19-23(46-27(40)14-22(21-12-10-9-11-13-21)37-31(43)48-32(3,4)5)16-35(44)17-24-34(8,30(42)29(41)28(19)33(35,6)7)25(39)15-26-36(24,18-45-26)47-20(2)38/h9-13,22-26,29,39,41,44H,14-18H2,1-8H3,(H,37,43)/t22?,23-,24-,25-,26+,29+,34-,35+,36+/m0/s1. The van der Waals surface area contributed by atoms with Gasteiger partial charge in [0.25, 0.3) is 0 Å². The maximum Gasteiger partial charge on any atom is 0.408 e. The number of esters is 2. The molecule has 12 heteroatoms. The molecule has 3 aliphatic carbocycles. The van der Waals surface area contributed by atoms with Gasteiger partial charge < -0.3 is 39.6 Å². The number of hydrogen-bond donors (Lipinski definition) is 4. The van der Waals surface area contributed by atoms with Crippen molar-refractivity contribution in [3.8, 4) is 0 Å². The highest BCUT2D eigenvalue weighted by atomic mass is 16.6. The number of ether oxygens (including phenoxy) is 4. The third-order valence-electron chi connectivity index (χ3n) is 11.2. The molecule has 4 aliphatic rings. The number of benzene rings is 1. The fourth-order valence-electron chi connectivity index (χ4n) is 8.48. The van der Waals surface area contributed by atoms with E-state index in [2.05, 4.69) is 5.32 Å². The Balaban J connectivity index is 1.50. The van der Waals surface area contributed by atoms with E-state index < -0.39 is 87.8 Å². The van der Waals surface area contributed by atoms with Crippen LogP contribution in [0.3, 0.4) is 0 Å². The van der Waals surface area contributed by atoms with Gasteiger partial charge in [0, 0.05) is 31.1 Å². The third kappa shape index (κ3) is 5.94. The maximum absolute atomic E-state index is 14.4. The SMILES string of the molecule is CC(=O)O[C@@]12CO[C@@H]1C[C@H](O)[C@@]1(C)C(=O)[C@H](O)C3=C(C)[C@@H](OC(=O)CC(NC(=O)OC(C)(C)C)c4ccccc4)C[C@@](O)(C[C@H]21)C3(C)C. The number of carbonyl (C=O) groups is 4. The van der Waals surface area contributed by atoms with E-state index in [-0.39, 0.29) is 37.9 Å². The van der Waals surface area contributed by atoms with Crippen LogP contribution in [0.2, 0.25) is 0 Å². The van der Waals surface area contributed by atoms with Gasteiger partial charge in [-0.15, -0.1) is 0 Å². The van der Waals surface area contributed by atoms with Gasteiger partial charge in [0.05, 0.1) is 36.2 Å². The Morgan fingerprint density at radius 2 is 1.73 bits per heavy atom. The van der Waals surface area contributed by atoms with E-state index in [1.54, 1.807) is 72.7 Å². The van der Waals surface area contributed by atoms with Crippen molar-refractivity contribution in [3.05, 3.63) is 47.0 Å². The first-order valence-electron chi connectivity index (χ1n) is 16.6. The number of ketones is 1. The Morgan fingerprint density at radius 3 is 2.29 bits per heavy atom. The second-order valence-corrected chi connectivity index (χ2v) is 15.7. The summed E-state index contributed by atoms with van der Waals surface area (Å²) in [5.74, 6) is -2.88. The largest absolute Gasteiger partial charge is 0.458 e. The number of aliphatic hydroxyl groups excluding tert-OH is 2. The molecule has 1 aliphatic heterocycles. The van der Waals surface area contributed by atoms with E-state index in [0.29, 0.717) is 11.1 Å². The van der Waals surface area contributed by atoms with Crippen molar-refractivity contribution in [1.29, 1.82) is 0 Å². The van der Waals surface area contributed by atoms with Gasteiger partial charge in [-0.1, -0.05) is 44.2 Å². The average molecular weight is 672 g/mol. The van der Waals surface area contributed by atoms with Crippen molar-refractivity contribution in [2.45, 2.75) is 128 Å². The smallest absolute Gasteiger partial charge is 0.408 e. The van der Waals surface area contributed by atoms with E-state index in [0.717, 1.165) is 0 Å². The number of nitrogens with one attached hydrogen (secondary N) is 1. The zero-order valence-corrected chi connectivity index (χ0v) is 29.0. The molecule has 3 fully saturated rings. The summed E-state index contributed by atoms with van der Waals surface area (Å²) >= 11 is 0. The minimum atomic E-state index is -1.76. The molecular formula is C36H49NO11. The summed E-state index contributed by atoms with van der Waals surface area (Å²) < 4.78 is 23.1. The number of amides is 1. The highest BCUT2D eigenvalue weighted by Gasteiger charge is 2.73. The number of aliphatic hydroxyl groups is 3. The monoisotopic (exact) mass is 671 g/mol. The fourth-order valence-corrected chi connectivity index (χ4v) is 8.48. The van der Waals surface area contributed by atoms with Gasteiger partial charge in [0.2, 0.25) is 0 Å². The van der Waals surface area contributed by atoms with Crippen LogP contribution in [0.5, 0.6) is 0 Å². The number of alkyl carbamates (subject to hydrolysis) is 1. The molecule has 1 heterocycles. The first-order chi connectivity index (χ1) is 22.2. The van der Waals surface area contributed by atoms with Crippen molar-refractivity contribution < 1.29 is 53.4 Å². The van der Waals surface area contributed by atoms with Gasteiger partial charge in [-0.2, -0.15) is 0 Å². The molecule has 48 heavy (non-hydrogen) atoms. The lowest BCUT2D eigenvalue weighted by Crippen LogP contribution is -2.77. The average Bonchev–Trinajstić information content (AvgIpc) is 2.97. The number of fused-ring (bicyclic) bond motifs is 5. The first kappa shape index (κ1) is 36.0. The van der Waals surface area contributed by atoms with Gasteiger partial charge in [0.15, 0.2) is 11.4 Å². The van der Waals surface area contributed by atoms with Crippen LogP contribution in [-0.4, -0.2) is 87.0 Å². The van der Waals surface area contributed by atoms with Crippen molar-refractivity contribution >= 4 is 23.8 Å². The van der Waals surface area contributed by atoms with Gasteiger partial charge >= 0.3 is 18.0 Å². The Kier molecular flexibility index (Phi) is 9.16. The highest BCUT2D eigenvalue weighted by molar-refractivity contribution is 5.93. The normalized spacial score (nSPS) is 36.2. The van der Waals surface area contributed by atoms with E-state index in [4.69, 9.17) is 18.9 Å². The Labute approximate surface area is 281 Å². The minimum Gasteiger partial charge on any atom is -0.458 e. The zero-order valence-electron chi connectivity index (χ0n) is 29.0. The van der Waals surface area contributed by atoms with E-state index in [1.165, 1.54) is 6.92 Å². The number of hydrogen-bond acceptors (Lipinski definition) is 11. The molecule has 1 aromatic rings. The van der Waals surface area contributed by atoms with Crippen molar-refractivity contribution in [3.63, 3.8) is 0 Å². The molecule has 5 rings (SSSR count). The van der Waals surface area contributed by atoms with Gasteiger partial charge in [-0.05, 0) is 57.7 Å². The number of carbonyl (C=O) groups excluding carboxylic acids is 4. The lowest BCUT2D eigenvalue weighted by atomic mass is 9.46. The summed E-state index contributed by atoms with van der Waals surface area (Å²) in [4.78, 5) is 53.1. The molecule has 0 radical (unpaired) electrons.